The molecule has 2 heterocycles. The first-order chi connectivity index (χ1) is 10.5. The van der Waals surface area contributed by atoms with Gasteiger partial charge in [-0.05, 0) is 19.3 Å². The number of hydrogen-bond acceptors (Lipinski definition) is 5. The molecule has 8 nitrogen and oxygen atoms in total. The number of amidine groups is 1. The van der Waals surface area contributed by atoms with E-state index in [1.54, 1.807) is 4.90 Å². The smallest absolute Gasteiger partial charge is 0.280 e. The van der Waals surface area contributed by atoms with E-state index >= 15 is 0 Å². The molecule has 0 aromatic carbocycles. The number of likely N-dealkylation sites (tertiary alicyclic amines) is 1. The van der Waals surface area contributed by atoms with E-state index in [1.165, 1.54) is 6.92 Å². The number of nitrogens with one attached hydrogen (secondary N) is 2. The molecule has 120 valence electrons. The standard InChI is InChI=1S/C13H18N4O4S/c1-8(18)14-10-11(20)15-13(16-12(10)21)22-7-9(19)17-5-3-2-4-6-17/h10H,2-7H2,1H3,(H,14,18)(H,15,16,20,21). The normalized spacial score (nSPS) is 22.0. The van der Waals surface area contributed by atoms with E-state index < -0.39 is 23.8 Å². The van der Waals surface area contributed by atoms with E-state index in [-0.39, 0.29) is 16.8 Å². The highest BCUT2D eigenvalue weighted by atomic mass is 32.2. The lowest BCUT2D eigenvalue weighted by molar-refractivity contribution is -0.134. The van der Waals surface area contributed by atoms with Crippen molar-refractivity contribution in [2.24, 2.45) is 4.99 Å². The number of carbonyl (C=O) groups is 4. The molecule has 0 radical (unpaired) electrons. The number of rotatable bonds is 3. The zero-order chi connectivity index (χ0) is 16.1. The lowest BCUT2D eigenvalue weighted by Gasteiger charge is -2.27. The van der Waals surface area contributed by atoms with Crippen LogP contribution in [0.5, 0.6) is 0 Å². The second-order valence-electron chi connectivity index (χ2n) is 5.11. The fraction of sp³-hybridized carbons (Fsp3) is 0.615. The van der Waals surface area contributed by atoms with Crippen LogP contribution in [0.2, 0.25) is 0 Å². The third kappa shape index (κ3) is 4.30. The number of piperidine rings is 1. The molecule has 22 heavy (non-hydrogen) atoms. The van der Waals surface area contributed by atoms with Crippen molar-refractivity contribution >= 4 is 40.6 Å². The van der Waals surface area contributed by atoms with E-state index in [0.717, 1.165) is 44.1 Å². The fourth-order valence-electron chi connectivity index (χ4n) is 2.25. The van der Waals surface area contributed by atoms with Gasteiger partial charge in [0.1, 0.15) is 0 Å². The van der Waals surface area contributed by atoms with E-state index in [0.29, 0.717) is 0 Å². The molecule has 2 aliphatic heterocycles. The van der Waals surface area contributed by atoms with Gasteiger partial charge < -0.3 is 15.5 Å². The van der Waals surface area contributed by atoms with Crippen LogP contribution < -0.4 is 10.6 Å². The lowest BCUT2D eigenvalue weighted by Crippen LogP contribution is -2.55. The maximum atomic E-state index is 12.0. The van der Waals surface area contributed by atoms with Crippen molar-refractivity contribution in [2.75, 3.05) is 18.8 Å². The molecule has 1 unspecified atom stereocenters. The lowest BCUT2D eigenvalue weighted by atomic mass is 10.1. The molecule has 0 saturated carbocycles. The summed E-state index contributed by atoms with van der Waals surface area (Å²) in [6.07, 6.45) is 3.15. The zero-order valence-electron chi connectivity index (χ0n) is 12.3. The molecule has 0 aromatic rings. The Balaban J connectivity index is 1.88. The topological polar surface area (TPSA) is 108 Å². The molecule has 4 amide bonds. The van der Waals surface area contributed by atoms with Crippen LogP contribution in [0.15, 0.2) is 4.99 Å². The first kappa shape index (κ1) is 16.5. The van der Waals surface area contributed by atoms with Gasteiger partial charge in [-0.3, -0.25) is 19.2 Å². The van der Waals surface area contributed by atoms with Gasteiger partial charge in [0.2, 0.25) is 11.8 Å². The van der Waals surface area contributed by atoms with Gasteiger partial charge in [0.05, 0.1) is 5.75 Å². The molecule has 1 saturated heterocycles. The Bertz CT molecular complexity index is 528. The summed E-state index contributed by atoms with van der Waals surface area (Å²) in [5.74, 6) is -1.76. The van der Waals surface area contributed by atoms with Crippen molar-refractivity contribution in [1.29, 1.82) is 0 Å². The monoisotopic (exact) mass is 326 g/mol. The van der Waals surface area contributed by atoms with Gasteiger partial charge in [0.15, 0.2) is 11.2 Å². The van der Waals surface area contributed by atoms with Crippen LogP contribution in [-0.2, 0) is 19.2 Å². The van der Waals surface area contributed by atoms with Crippen LogP contribution in [0.4, 0.5) is 0 Å². The predicted molar refractivity (Wildman–Crippen MR) is 81.1 cm³/mol. The van der Waals surface area contributed by atoms with Gasteiger partial charge in [0, 0.05) is 20.0 Å². The van der Waals surface area contributed by atoms with Gasteiger partial charge in [0.25, 0.3) is 11.8 Å². The van der Waals surface area contributed by atoms with Crippen LogP contribution in [0.25, 0.3) is 0 Å². The summed E-state index contributed by atoms with van der Waals surface area (Å²) in [7, 11) is 0. The molecule has 1 atom stereocenters. The number of thioether (sulfide) groups is 1. The van der Waals surface area contributed by atoms with Crippen molar-refractivity contribution < 1.29 is 19.2 Å². The van der Waals surface area contributed by atoms with E-state index in [4.69, 9.17) is 0 Å². The van der Waals surface area contributed by atoms with Gasteiger partial charge in [-0.15, -0.1) is 0 Å². The maximum Gasteiger partial charge on any atom is 0.280 e. The van der Waals surface area contributed by atoms with E-state index in [2.05, 4.69) is 15.6 Å². The molecule has 0 aromatic heterocycles. The number of amides is 4. The average Bonchev–Trinajstić information content (AvgIpc) is 2.49. The van der Waals surface area contributed by atoms with Gasteiger partial charge in [-0.25, -0.2) is 0 Å². The van der Waals surface area contributed by atoms with Gasteiger partial charge in [-0.2, -0.15) is 4.99 Å². The Morgan fingerprint density at radius 3 is 2.59 bits per heavy atom. The molecule has 2 N–H and O–H groups in total. The summed E-state index contributed by atoms with van der Waals surface area (Å²) in [6, 6.07) is -1.29. The minimum atomic E-state index is -1.29. The minimum absolute atomic E-state index is 0.0296. The molecule has 1 fully saturated rings. The van der Waals surface area contributed by atoms with Crippen molar-refractivity contribution in [3.8, 4) is 0 Å². The van der Waals surface area contributed by atoms with Crippen LogP contribution >= 0.6 is 11.8 Å². The molecular weight excluding hydrogens is 308 g/mol. The summed E-state index contributed by atoms with van der Waals surface area (Å²) < 4.78 is 0. The van der Waals surface area contributed by atoms with E-state index in [9.17, 15) is 19.2 Å². The van der Waals surface area contributed by atoms with Gasteiger partial charge >= 0.3 is 0 Å². The van der Waals surface area contributed by atoms with Crippen LogP contribution in [0.1, 0.15) is 26.2 Å². The quantitative estimate of drug-likeness (QED) is 0.664. The zero-order valence-corrected chi connectivity index (χ0v) is 13.1. The third-order valence-corrected chi connectivity index (χ3v) is 4.20. The van der Waals surface area contributed by atoms with Crippen LogP contribution in [0.3, 0.4) is 0 Å². The average molecular weight is 326 g/mol. The first-order valence-corrected chi connectivity index (χ1v) is 8.07. The molecule has 9 heteroatoms. The fourth-order valence-corrected chi connectivity index (χ4v) is 3.02. The Kier molecular flexibility index (Phi) is 5.53. The maximum absolute atomic E-state index is 12.0. The van der Waals surface area contributed by atoms with Crippen molar-refractivity contribution in [1.82, 2.24) is 15.5 Å². The summed E-state index contributed by atoms with van der Waals surface area (Å²) in [4.78, 5) is 51.9. The molecule has 2 rings (SSSR count). The number of aliphatic imine (C=N–C) groups is 1. The highest BCUT2D eigenvalue weighted by Crippen LogP contribution is 2.13. The molecule has 0 spiro atoms. The highest BCUT2D eigenvalue weighted by Gasteiger charge is 2.33. The molecule has 0 bridgehead atoms. The highest BCUT2D eigenvalue weighted by molar-refractivity contribution is 8.14. The Labute approximate surface area is 132 Å². The van der Waals surface area contributed by atoms with Crippen LogP contribution in [0, 0.1) is 0 Å². The summed E-state index contributed by atoms with van der Waals surface area (Å²) in [5.41, 5.74) is 0. The van der Waals surface area contributed by atoms with Crippen LogP contribution in [-0.4, -0.2) is 58.6 Å². The van der Waals surface area contributed by atoms with Crippen molar-refractivity contribution in [2.45, 2.75) is 32.2 Å². The third-order valence-electron chi connectivity index (χ3n) is 3.34. The Morgan fingerprint density at radius 2 is 2.00 bits per heavy atom. The SMILES string of the molecule is CC(=O)NC1C(=O)N=C(SCC(=O)N2CCCCC2)NC1=O. The number of hydrogen-bond donors (Lipinski definition) is 2. The van der Waals surface area contributed by atoms with Crippen molar-refractivity contribution in [3.63, 3.8) is 0 Å². The summed E-state index contributed by atoms with van der Waals surface area (Å²) >= 11 is 1.02. The van der Waals surface area contributed by atoms with Crippen molar-refractivity contribution in [3.05, 3.63) is 0 Å². The second kappa shape index (κ2) is 7.39. The summed E-state index contributed by atoms with van der Waals surface area (Å²) in [6.45, 7) is 2.72. The summed E-state index contributed by atoms with van der Waals surface area (Å²) in [5, 5.41) is 4.75. The Morgan fingerprint density at radius 1 is 1.32 bits per heavy atom. The first-order valence-electron chi connectivity index (χ1n) is 7.08. The number of nitrogens with zero attached hydrogens (tertiary/aromatic N) is 2. The minimum Gasteiger partial charge on any atom is -0.342 e. The van der Waals surface area contributed by atoms with E-state index in [1.807, 2.05) is 0 Å². The molecule has 2 aliphatic rings. The largest absolute Gasteiger partial charge is 0.342 e. The molecule has 0 aliphatic carbocycles. The number of carbonyl (C=O) groups excluding carboxylic acids is 4. The predicted octanol–water partition coefficient (Wildman–Crippen LogP) is -0.751. The molecular formula is C13H18N4O4S. The van der Waals surface area contributed by atoms with Gasteiger partial charge in [-0.1, -0.05) is 11.8 Å². The second-order valence-corrected chi connectivity index (χ2v) is 6.07. The Hall–Kier alpha value is -1.90.